The van der Waals surface area contributed by atoms with Gasteiger partial charge in [-0.2, -0.15) is 13.2 Å². The molecule has 124 valence electrons. The van der Waals surface area contributed by atoms with Crippen molar-refractivity contribution < 1.29 is 23.1 Å². The van der Waals surface area contributed by atoms with Crippen molar-refractivity contribution in [1.29, 1.82) is 0 Å². The maximum atomic E-state index is 12.5. The topological polar surface area (TPSA) is 40.5 Å². The fourth-order valence-corrected chi connectivity index (χ4v) is 1.97. The van der Waals surface area contributed by atoms with E-state index in [0.29, 0.717) is 6.42 Å². The predicted molar refractivity (Wildman–Crippen MR) is 78.2 cm³/mol. The lowest BCUT2D eigenvalue weighted by molar-refractivity contribution is -0.209. The summed E-state index contributed by atoms with van der Waals surface area (Å²) in [4.78, 5) is 13.4. The molecule has 0 bridgehead atoms. The number of hydrogen-bond acceptors (Lipinski definition) is 2. The van der Waals surface area contributed by atoms with Crippen molar-refractivity contribution in [2.45, 2.75) is 39.5 Å². The predicted octanol–water partition coefficient (Wildman–Crippen LogP) is 3.03. The Bertz CT molecular complexity index is 480. The normalized spacial score (nSPS) is 13.8. The van der Waals surface area contributed by atoms with Gasteiger partial charge in [-0.1, -0.05) is 51.1 Å². The molecular weight excluding hydrogens is 295 g/mol. The van der Waals surface area contributed by atoms with Crippen LogP contribution in [0.2, 0.25) is 0 Å². The molecule has 0 fully saturated rings. The molecule has 1 unspecified atom stereocenters. The minimum atomic E-state index is -4.73. The molecule has 0 aliphatic heterocycles. The summed E-state index contributed by atoms with van der Waals surface area (Å²) in [6.07, 6.45) is -6.83. The monoisotopic (exact) mass is 317 g/mol. The number of amides is 1. The number of rotatable bonds is 5. The average molecular weight is 317 g/mol. The average Bonchev–Trinajstić information content (AvgIpc) is 2.41. The van der Waals surface area contributed by atoms with Crippen molar-refractivity contribution >= 4 is 5.91 Å². The molecular formula is C16H22F3NO2. The van der Waals surface area contributed by atoms with E-state index < -0.39 is 30.1 Å². The summed E-state index contributed by atoms with van der Waals surface area (Å²) < 4.78 is 37.6. The number of halogens is 3. The first kappa shape index (κ1) is 18.5. The SMILES string of the molecule is CC(C)(C)C(=O)N(CCc1ccccc1)CC(O)C(F)(F)F. The molecule has 0 radical (unpaired) electrons. The summed E-state index contributed by atoms with van der Waals surface area (Å²) >= 11 is 0. The Morgan fingerprint density at radius 2 is 1.73 bits per heavy atom. The number of carbonyl (C=O) groups is 1. The number of carbonyl (C=O) groups excluding carboxylic acids is 1. The smallest absolute Gasteiger partial charge is 0.382 e. The van der Waals surface area contributed by atoms with Crippen LogP contribution in [0.1, 0.15) is 26.3 Å². The van der Waals surface area contributed by atoms with Gasteiger partial charge in [0.25, 0.3) is 0 Å². The highest BCUT2D eigenvalue weighted by Gasteiger charge is 2.41. The van der Waals surface area contributed by atoms with Crippen LogP contribution in [-0.4, -0.2) is 41.3 Å². The number of nitrogens with zero attached hydrogens (tertiary/aromatic N) is 1. The molecule has 0 aliphatic carbocycles. The number of aliphatic hydroxyl groups excluding tert-OH is 1. The third-order valence-corrected chi connectivity index (χ3v) is 3.21. The Morgan fingerprint density at radius 1 is 1.18 bits per heavy atom. The summed E-state index contributed by atoms with van der Waals surface area (Å²) in [5.41, 5.74) is 0.123. The maximum Gasteiger partial charge on any atom is 0.416 e. The van der Waals surface area contributed by atoms with Crippen molar-refractivity contribution in [2.75, 3.05) is 13.1 Å². The summed E-state index contributed by atoms with van der Waals surface area (Å²) in [6, 6.07) is 9.19. The van der Waals surface area contributed by atoms with Crippen molar-refractivity contribution in [2.24, 2.45) is 5.41 Å². The van der Waals surface area contributed by atoms with Crippen LogP contribution in [0.25, 0.3) is 0 Å². The zero-order valence-corrected chi connectivity index (χ0v) is 13.0. The molecule has 0 heterocycles. The molecule has 3 nitrogen and oxygen atoms in total. The molecule has 0 saturated heterocycles. The summed E-state index contributed by atoms with van der Waals surface area (Å²) in [6.45, 7) is 4.32. The summed E-state index contributed by atoms with van der Waals surface area (Å²) in [7, 11) is 0. The van der Waals surface area contributed by atoms with E-state index in [4.69, 9.17) is 0 Å². The first-order valence-corrected chi connectivity index (χ1v) is 7.10. The van der Waals surface area contributed by atoms with Gasteiger partial charge in [-0.25, -0.2) is 0 Å². The molecule has 22 heavy (non-hydrogen) atoms. The molecule has 1 amide bonds. The molecule has 1 aromatic carbocycles. The zero-order chi connectivity index (χ0) is 17.0. The van der Waals surface area contributed by atoms with Crippen molar-refractivity contribution in [1.82, 2.24) is 4.90 Å². The molecule has 1 N–H and O–H groups in total. The lowest BCUT2D eigenvalue weighted by atomic mass is 9.94. The first-order chi connectivity index (χ1) is 10.0. The number of aliphatic hydroxyl groups is 1. The molecule has 0 aliphatic rings. The van der Waals surface area contributed by atoms with Gasteiger partial charge in [0, 0.05) is 12.0 Å². The third-order valence-electron chi connectivity index (χ3n) is 3.21. The van der Waals surface area contributed by atoms with Crippen LogP contribution in [0.4, 0.5) is 13.2 Å². The lowest BCUT2D eigenvalue weighted by Gasteiger charge is -2.31. The molecule has 0 spiro atoms. The van der Waals surface area contributed by atoms with Gasteiger partial charge in [0.1, 0.15) is 0 Å². The van der Waals surface area contributed by atoms with Crippen molar-refractivity contribution in [3.8, 4) is 0 Å². The molecule has 6 heteroatoms. The fraction of sp³-hybridized carbons (Fsp3) is 0.562. The minimum absolute atomic E-state index is 0.132. The highest BCUT2D eigenvalue weighted by molar-refractivity contribution is 5.81. The van der Waals surface area contributed by atoms with Gasteiger partial charge >= 0.3 is 6.18 Å². The van der Waals surface area contributed by atoms with E-state index >= 15 is 0 Å². The Morgan fingerprint density at radius 3 is 2.18 bits per heavy atom. The quantitative estimate of drug-likeness (QED) is 0.907. The summed E-state index contributed by atoms with van der Waals surface area (Å²) in [5.74, 6) is -0.410. The van der Waals surface area contributed by atoms with E-state index in [1.807, 2.05) is 30.3 Å². The van der Waals surface area contributed by atoms with E-state index in [0.717, 1.165) is 10.5 Å². The highest BCUT2D eigenvalue weighted by atomic mass is 19.4. The van der Waals surface area contributed by atoms with Gasteiger partial charge in [0.2, 0.25) is 5.91 Å². The number of hydrogen-bond donors (Lipinski definition) is 1. The summed E-state index contributed by atoms with van der Waals surface area (Å²) in [5, 5.41) is 9.25. The van der Waals surface area contributed by atoms with Gasteiger partial charge in [-0.3, -0.25) is 4.79 Å². The van der Waals surface area contributed by atoms with Gasteiger partial charge in [0.05, 0.1) is 6.54 Å². The zero-order valence-electron chi connectivity index (χ0n) is 13.0. The third kappa shape index (κ3) is 5.67. The second-order valence-electron chi connectivity index (χ2n) is 6.29. The largest absolute Gasteiger partial charge is 0.416 e. The van der Waals surface area contributed by atoms with Gasteiger partial charge < -0.3 is 10.0 Å². The van der Waals surface area contributed by atoms with Gasteiger partial charge in [-0.05, 0) is 12.0 Å². The molecule has 0 aromatic heterocycles. The Labute approximate surface area is 128 Å². The molecule has 0 saturated carbocycles. The van der Waals surface area contributed by atoms with E-state index in [1.54, 1.807) is 20.8 Å². The van der Waals surface area contributed by atoms with Crippen molar-refractivity contribution in [3.05, 3.63) is 35.9 Å². The maximum absolute atomic E-state index is 12.5. The Balaban J connectivity index is 2.80. The molecule has 1 rings (SSSR count). The Hall–Kier alpha value is -1.56. The minimum Gasteiger partial charge on any atom is -0.382 e. The Kier molecular flexibility index (Phi) is 6.00. The second kappa shape index (κ2) is 7.13. The van der Waals surface area contributed by atoms with Gasteiger partial charge in [-0.15, -0.1) is 0 Å². The number of alkyl halides is 3. The van der Waals surface area contributed by atoms with E-state index in [1.165, 1.54) is 0 Å². The first-order valence-electron chi connectivity index (χ1n) is 7.10. The van der Waals surface area contributed by atoms with E-state index in [-0.39, 0.29) is 6.54 Å². The van der Waals surface area contributed by atoms with Crippen LogP contribution in [0.3, 0.4) is 0 Å². The molecule has 1 aromatic rings. The standard InChI is InChI=1S/C16H22F3NO2/c1-15(2,3)14(22)20(11-13(21)16(17,18)19)10-9-12-7-5-4-6-8-12/h4-8,13,21H,9-11H2,1-3H3. The van der Waals surface area contributed by atoms with Crippen LogP contribution in [-0.2, 0) is 11.2 Å². The van der Waals surface area contributed by atoms with Crippen LogP contribution in [0.5, 0.6) is 0 Å². The van der Waals surface area contributed by atoms with Crippen LogP contribution in [0.15, 0.2) is 30.3 Å². The van der Waals surface area contributed by atoms with Gasteiger partial charge in [0.15, 0.2) is 6.10 Å². The van der Waals surface area contributed by atoms with E-state index in [9.17, 15) is 23.1 Å². The van der Waals surface area contributed by atoms with Crippen LogP contribution in [0, 0.1) is 5.41 Å². The highest BCUT2D eigenvalue weighted by Crippen LogP contribution is 2.23. The van der Waals surface area contributed by atoms with Crippen LogP contribution >= 0.6 is 0 Å². The van der Waals surface area contributed by atoms with E-state index in [2.05, 4.69) is 0 Å². The molecule has 1 atom stereocenters. The lowest BCUT2D eigenvalue weighted by Crippen LogP contribution is -2.48. The second-order valence-corrected chi connectivity index (χ2v) is 6.29. The fourth-order valence-electron chi connectivity index (χ4n) is 1.97. The van der Waals surface area contributed by atoms with Crippen molar-refractivity contribution in [3.63, 3.8) is 0 Å². The number of benzene rings is 1. The van der Waals surface area contributed by atoms with Crippen LogP contribution < -0.4 is 0 Å².